The Morgan fingerprint density at radius 2 is 2.00 bits per heavy atom. The van der Waals surface area contributed by atoms with Gasteiger partial charge in [-0.05, 0) is 95.3 Å². The summed E-state index contributed by atoms with van der Waals surface area (Å²) in [5.74, 6) is 1.82. The zero-order valence-electron chi connectivity index (χ0n) is 26.5. The van der Waals surface area contributed by atoms with Crippen molar-refractivity contribution < 1.29 is 34.1 Å². The van der Waals surface area contributed by atoms with E-state index in [4.69, 9.17) is 9.47 Å². The van der Waals surface area contributed by atoms with E-state index < -0.39 is 24.2 Å². The van der Waals surface area contributed by atoms with Crippen LogP contribution in [0.3, 0.4) is 0 Å². The second-order valence-electron chi connectivity index (χ2n) is 13.0. The summed E-state index contributed by atoms with van der Waals surface area (Å²) in [6, 6.07) is 12.6. The number of fused-ring (bicyclic) bond motifs is 3. The average Bonchev–Trinajstić information content (AvgIpc) is 3.81. The van der Waals surface area contributed by atoms with Gasteiger partial charge in [-0.15, -0.1) is 0 Å². The van der Waals surface area contributed by atoms with Crippen LogP contribution >= 0.6 is 22.6 Å². The SMILES string of the molecule is COc1cc(C=O)cc(I)c1O[C@H]1C=C(C(=O)NCCO)C[C@@H](N(CCc2cc3ccccc3[nH]2)C(=O)CC2CC3CCC2C3)[C@@H]1O. The number of aromatic nitrogens is 1. The highest BCUT2D eigenvalue weighted by Gasteiger charge is 2.44. The third-order valence-corrected chi connectivity index (χ3v) is 10.9. The lowest BCUT2D eigenvalue weighted by molar-refractivity contribution is -0.140. The fourth-order valence-electron chi connectivity index (χ4n) is 7.79. The van der Waals surface area contributed by atoms with Crippen LogP contribution in [0.15, 0.2) is 54.1 Å². The van der Waals surface area contributed by atoms with Crippen molar-refractivity contribution in [2.75, 3.05) is 26.8 Å². The van der Waals surface area contributed by atoms with E-state index >= 15 is 0 Å². The average molecular weight is 756 g/mol. The standard InChI is InChI=1S/C36H42IN3O7/c1-46-32-15-22(20-42)14-28(37)35(32)47-31-18-26(36(45)38-9-11-41)17-30(34(31)44)40(33(43)19-25-13-21-6-7-23(25)12-21)10-8-27-16-24-4-2-3-5-29(24)39-27/h2-5,14-16,18,20-21,23,25,30-31,34,39,41,44H,6-13,17,19H2,1H3,(H,38,45)/t21?,23?,25?,30-,31+,34+/m1/s1. The van der Waals surface area contributed by atoms with Gasteiger partial charge in [-0.25, -0.2) is 0 Å². The quantitative estimate of drug-likeness (QED) is 0.150. The molecule has 3 aromatic rings. The molecule has 2 fully saturated rings. The van der Waals surface area contributed by atoms with Crippen molar-refractivity contribution >= 4 is 51.6 Å². The Balaban J connectivity index is 1.32. The van der Waals surface area contributed by atoms with E-state index in [1.165, 1.54) is 26.4 Å². The van der Waals surface area contributed by atoms with E-state index in [-0.39, 0.29) is 25.5 Å². The first kappa shape index (κ1) is 33.5. The maximum Gasteiger partial charge on any atom is 0.247 e. The molecule has 11 heteroatoms. The van der Waals surface area contributed by atoms with Crippen LogP contribution in [0.5, 0.6) is 11.5 Å². The van der Waals surface area contributed by atoms with Gasteiger partial charge in [0.1, 0.15) is 18.5 Å². The van der Waals surface area contributed by atoms with Crippen LogP contribution in [0.4, 0.5) is 0 Å². The zero-order chi connectivity index (χ0) is 33.1. The highest BCUT2D eigenvalue weighted by molar-refractivity contribution is 14.1. The first-order valence-corrected chi connectivity index (χ1v) is 17.5. The number of aldehydes is 1. The number of benzene rings is 2. The highest BCUT2D eigenvalue weighted by Crippen LogP contribution is 2.50. The molecular weight excluding hydrogens is 713 g/mol. The van der Waals surface area contributed by atoms with Crippen molar-refractivity contribution in [3.63, 3.8) is 0 Å². The number of amides is 2. The van der Waals surface area contributed by atoms with Gasteiger partial charge in [-0.3, -0.25) is 14.4 Å². The second-order valence-corrected chi connectivity index (χ2v) is 14.2. The molecule has 1 heterocycles. The Morgan fingerprint density at radius 1 is 1.17 bits per heavy atom. The number of carbonyl (C=O) groups is 3. The third-order valence-electron chi connectivity index (χ3n) is 10.1. The van der Waals surface area contributed by atoms with Crippen LogP contribution in [0.2, 0.25) is 0 Å². The van der Waals surface area contributed by atoms with Crippen LogP contribution < -0.4 is 14.8 Å². The predicted molar refractivity (Wildman–Crippen MR) is 185 cm³/mol. The summed E-state index contributed by atoms with van der Waals surface area (Å²) < 4.78 is 12.5. The molecule has 0 radical (unpaired) electrons. The molecule has 3 aliphatic rings. The number of halogens is 1. The summed E-state index contributed by atoms with van der Waals surface area (Å²) in [5.41, 5.74) is 2.77. The normalized spacial score (nSPS) is 25.0. The molecule has 2 bridgehead atoms. The molecule has 47 heavy (non-hydrogen) atoms. The van der Waals surface area contributed by atoms with E-state index in [2.05, 4.69) is 16.4 Å². The van der Waals surface area contributed by atoms with Crippen molar-refractivity contribution in [2.45, 2.75) is 63.2 Å². The lowest BCUT2D eigenvalue weighted by Crippen LogP contribution is -2.55. The number of ether oxygens (including phenoxy) is 2. The van der Waals surface area contributed by atoms with Crippen molar-refractivity contribution in [1.82, 2.24) is 15.2 Å². The molecule has 0 saturated heterocycles. The molecule has 3 aliphatic carbocycles. The number of nitrogens with zero attached hydrogens (tertiary/aromatic N) is 1. The minimum absolute atomic E-state index is 0.0269. The number of carbonyl (C=O) groups excluding carboxylic acids is 3. The number of H-pyrrole nitrogens is 1. The van der Waals surface area contributed by atoms with Gasteiger partial charge >= 0.3 is 0 Å². The first-order valence-electron chi connectivity index (χ1n) is 16.4. The Kier molecular flexibility index (Phi) is 10.5. The van der Waals surface area contributed by atoms with Gasteiger partial charge in [-0.1, -0.05) is 24.6 Å². The lowest BCUT2D eigenvalue weighted by Gasteiger charge is -2.41. The number of aliphatic hydroxyl groups excluding tert-OH is 2. The maximum atomic E-state index is 14.3. The number of nitrogens with one attached hydrogen (secondary N) is 2. The van der Waals surface area contributed by atoms with Gasteiger partial charge in [0, 0.05) is 54.7 Å². The lowest BCUT2D eigenvalue weighted by atomic mass is 9.84. The minimum Gasteiger partial charge on any atom is -0.493 e. The summed E-state index contributed by atoms with van der Waals surface area (Å²) in [6.07, 6.45) is 5.90. The Labute approximate surface area is 288 Å². The number of para-hydroxylation sites is 1. The summed E-state index contributed by atoms with van der Waals surface area (Å²) in [6.45, 7) is 0.199. The van der Waals surface area contributed by atoms with Gasteiger partial charge in [-0.2, -0.15) is 0 Å². The molecule has 4 N–H and O–H groups in total. The molecule has 10 nitrogen and oxygen atoms in total. The molecule has 3 unspecified atom stereocenters. The monoisotopic (exact) mass is 755 g/mol. The molecule has 6 atom stereocenters. The summed E-state index contributed by atoms with van der Waals surface area (Å²) >= 11 is 2.05. The van der Waals surface area contributed by atoms with Gasteiger partial charge in [0.25, 0.3) is 0 Å². The Morgan fingerprint density at radius 3 is 2.70 bits per heavy atom. The molecule has 2 aromatic carbocycles. The summed E-state index contributed by atoms with van der Waals surface area (Å²) in [5, 5.41) is 25.1. The number of rotatable bonds is 13. The topological polar surface area (TPSA) is 141 Å². The van der Waals surface area contributed by atoms with Gasteiger partial charge < -0.3 is 34.9 Å². The predicted octanol–water partition coefficient (Wildman–Crippen LogP) is 4.41. The van der Waals surface area contributed by atoms with Gasteiger partial charge in [0.2, 0.25) is 11.8 Å². The highest BCUT2D eigenvalue weighted by atomic mass is 127. The van der Waals surface area contributed by atoms with Crippen molar-refractivity contribution in [2.24, 2.45) is 17.8 Å². The maximum absolute atomic E-state index is 14.3. The molecule has 0 spiro atoms. The van der Waals surface area contributed by atoms with Crippen LogP contribution in [0, 0.1) is 21.3 Å². The number of hydrogen-bond acceptors (Lipinski definition) is 7. The number of aromatic amines is 1. The van der Waals surface area contributed by atoms with E-state index in [1.807, 2.05) is 46.9 Å². The molecule has 2 saturated carbocycles. The number of methoxy groups -OCH3 is 1. The van der Waals surface area contributed by atoms with Crippen molar-refractivity contribution in [3.8, 4) is 11.5 Å². The largest absolute Gasteiger partial charge is 0.493 e. The van der Waals surface area contributed by atoms with E-state index in [0.717, 1.165) is 29.3 Å². The summed E-state index contributed by atoms with van der Waals surface area (Å²) in [4.78, 5) is 44.3. The summed E-state index contributed by atoms with van der Waals surface area (Å²) in [7, 11) is 1.47. The van der Waals surface area contributed by atoms with E-state index in [9.17, 15) is 24.6 Å². The fourth-order valence-corrected chi connectivity index (χ4v) is 8.54. The zero-order valence-corrected chi connectivity index (χ0v) is 28.6. The molecule has 2 amide bonds. The van der Waals surface area contributed by atoms with Crippen molar-refractivity contribution in [3.05, 3.63) is 68.9 Å². The van der Waals surface area contributed by atoms with Crippen LogP contribution in [0.1, 0.15) is 54.6 Å². The number of hydrogen-bond donors (Lipinski definition) is 4. The van der Waals surface area contributed by atoms with Crippen LogP contribution in [-0.4, -0.2) is 83.3 Å². The third kappa shape index (κ3) is 7.36. The van der Waals surface area contributed by atoms with Crippen molar-refractivity contribution in [1.29, 1.82) is 0 Å². The smallest absolute Gasteiger partial charge is 0.247 e. The molecule has 6 rings (SSSR count). The molecular formula is C36H42IN3O7. The minimum atomic E-state index is -1.16. The molecule has 0 aliphatic heterocycles. The molecule has 250 valence electrons. The van der Waals surface area contributed by atoms with Crippen LogP contribution in [0.25, 0.3) is 10.9 Å². The van der Waals surface area contributed by atoms with E-state index in [1.54, 1.807) is 23.1 Å². The first-order chi connectivity index (χ1) is 22.8. The van der Waals surface area contributed by atoms with Gasteiger partial charge in [0.05, 0.1) is 23.3 Å². The Bertz CT molecular complexity index is 1620. The van der Waals surface area contributed by atoms with Gasteiger partial charge in [0.15, 0.2) is 11.5 Å². The second kappa shape index (κ2) is 14.8. The fraction of sp³-hybridized carbons (Fsp3) is 0.472. The Hall–Kier alpha value is -3.42. The molecule has 1 aromatic heterocycles. The number of aliphatic hydroxyl groups is 2. The van der Waals surface area contributed by atoms with E-state index in [0.29, 0.717) is 63.3 Å². The van der Waals surface area contributed by atoms with Crippen LogP contribution in [-0.2, 0) is 16.0 Å².